The van der Waals surface area contributed by atoms with Crippen LogP contribution < -0.4 is 5.32 Å². The van der Waals surface area contributed by atoms with Crippen LogP contribution in [-0.4, -0.2) is 53.7 Å². The van der Waals surface area contributed by atoms with Gasteiger partial charge in [-0.15, -0.1) is 0 Å². The van der Waals surface area contributed by atoms with Gasteiger partial charge < -0.3 is 15.2 Å². The molecule has 172 valence electrons. The Labute approximate surface area is 191 Å². The molecular weight excluding hydrogens is 425 g/mol. The van der Waals surface area contributed by atoms with E-state index in [4.69, 9.17) is 10.00 Å². The molecular formula is C25H26FN3O4. The van der Waals surface area contributed by atoms with E-state index in [2.05, 4.69) is 11.4 Å². The summed E-state index contributed by atoms with van der Waals surface area (Å²) in [7, 11) is 0. The lowest BCUT2D eigenvalue weighted by Crippen LogP contribution is -2.53. The van der Waals surface area contributed by atoms with E-state index in [-0.39, 0.29) is 31.6 Å². The first-order valence-corrected chi connectivity index (χ1v) is 10.9. The normalized spacial score (nSPS) is 21.1. The van der Waals surface area contributed by atoms with Crippen LogP contribution in [0, 0.1) is 25.2 Å². The zero-order chi connectivity index (χ0) is 23.7. The molecule has 0 saturated carbocycles. The highest BCUT2D eigenvalue weighted by molar-refractivity contribution is 5.95. The Morgan fingerprint density at radius 1 is 1.36 bits per heavy atom. The Kier molecular flexibility index (Phi) is 6.45. The van der Waals surface area contributed by atoms with Crippen LogP contribution >= 0.6 is 0 Å². The Balaban J connectivity index is 1.35. The number of cyclic esters (lactones) is 1. The zero-order valence-corrected chi connectivity index (χ0v) is 18.6. The second-order valence-electron chi connectivity index (χ2n) is 8.68. The van der Waals surface area contributed by atoms with Crippen molar-refractivity contribution in [1.82, 2.24) is 10.2 Å². The van der Waals surface area contributed by atoms with E-state index < -0.39 is 18.3 Å². The number of nitrogens with zero attached hydrogens (tertiary/aromatic N) is 2. The largest absolute Gasteiger partial charge is 0.457 e. The molecule has 4 rings (SSSR count). The van der Waals surface area contributed by atoms with Gasteiger partial charge in [0, 0.05) is 30.8 Å². The van der Waals surface area contributed by atoms with Crippen LogP contribution in [0.4, 0.5) is 4.39 Å². The third-order valence-corrected chi connectivity index (χ3v) is 6.55. The van der Waals surface area contributed by atoms with Gasteiger partial charge in [0.25, 0.3) is 5.91 Å². The summed E-state index contributed by atoms with van der Waals surface area (Å²) in [6.45, 7) is 4.69. The maximum absolute atomic E-state index is 14.9. The molecule has 33 heavy (non-hydrogen) atoms. The van der Waals surface area contributed by atoms with Crippen LogP contribution in [0.25, 0.3) is 0 Å². The average Bonchev–Trinajstić information content (AvgIpc) is 3.17. The fraction of sp³-hybridized carbons (Fsp3) is 0.400. The second-order valence-corrected chi connectivity index (χ2v) is 8.68. The van der Waals surface area contributed by atoms with E-state index in [1.54, 1.807) is 37.3 Å². The number of aliphatic hydroxyl groups is 1. The molecule has 0 aliphatic carbocycles. The van der Waals surface area contributed by atoms with Crippen LogP contribution in [-0.2, 0) is 11.3 Å². The molecule has 0 aromatic heterocycles. The van der Waals surface area contributed by atoms with Gasteiger partial charge in [-0.25, -0.2) is 9.18 Å². The predicted molar refractivity (Wildman–Crippen MR) is 118 cm³/mol. The highest BCUT2D eigenvalue weighted by Crippen LogP contribution is 2.30. The number of esters is 1. The summed E-state index contributed by atoms with van der Waals surface area (Å²) in [5.74, 6) is -0.719. The minimum atomic E-state index is -1.28. The van der Waals surface area contributed by atoms with Gasteiger partial charge in [0.15, 0.2) is 0 Å². The number of carbonyl (C=O) groups is 2. The van der Waals surface area contributed by atoms with Crippen LogP contribution in [0.5, 0.6) is 0 Å². The van der Waals surface area contributed by atoms with Gasteiger partial charge >= 0.3 is 5.97 Å². The van der Waals surface area contributed by atoms with Crippen molar-refractivity contribution in [2.75, 3.05) is 19.6 Å². The number of carbonyl (C=O) groups excluding carboxylic acids is 2. The van der Waals surface area contributed by atoms with Gasteiger partial charge in [-0.1, -0.05) is 6.07 Å². The first-order valence-electron chi connectivity index (χ1n) is 10.9. The number of hydrogen-bond donors (Lipinski definition) is 2. The summed E-state index contributed by atoms with van der Waals surface area (Å²) in [4.78, 5) is 26.1. The molecule has 2 N–H and O–H groups in total. The Hall–Kier alpha value is -3.28. The number of ether oxygens (including phenoxy) is 1. The van der Waals surface area contributed by atoms with E-state index in [1.165, 1.54) is 0 Å². The standard InChI is InChI=1S/C25H26FN3O4/c1-14-9-16(3-4-17(14)10-27)24(31)28-22-7-8-29(11-21(22)26)12-23(30)18-5-6-19-20(15(18)2)13-33-25(19)32/h3-6,9,21-23,30H,7-8,11-13H2,1-2H3,(H,28,31)/t21-,22+,23-/m0/s1. The Bertz CT molecular complexity index is 1140. The molecule has 2 aliphatic rings. The summed E-state index contributed by atoms with van der Waals surface area (Å²) in [5, 5.41) is 22.6. The van der Waals surface area contributed by atoms with E-state index >= 15 is 0 Å². The number of nitrogens with one attached hydrogen (secondary N) is 1. The summed E-state index contributed by atoms with van der Waals surface area (Å²) in [5.41, 5.74) is 4.44. The molecule has 8 heteroatoms. The molecule has 1 fully saturated rings. The molecule has 0 unspecified atom stereocenters. The number of β-amino-alcohol motifs (C(OH)–C–C–N with tert-alkyl or cyclic N) is 1. The van der Waals surface area contributed by atoms with Gasteiger partial charge in [-0.2, -0.15) is 5.26 Å². The molecule has 1 amide bonds. The minimum Gasteiger partial charge on any atom is -0.457 e. The van der Waals surface area contributed by atoms with Gasteiger partial charge in [0.2, 0.25) is 0 Å². The number of aryl methyl sites for hydroxylation is 1. The SMILES string of the molecule is Cc1cc(C(=O)N[C@@H]2CCN(C[C@H](O)c3ccc4c(c3C)COC4=O)C[C@@H]2F)ccc1C#N. The molecule has 7 nitrogen and oxygen atoms in total. The molecule has 2 heterocycles. The van der Waals surface area contributed by atoms with Crippen molar-refractivity contribution in [3.05, 3.63) is 69.3 Å². The number of halogens is 1. The molecule has 0 bridgehead atoms. The van der Waals surface area contributed by atoms with Crippen LogP contribution in [0.3, 0.4) is 0 Å². The minimum absolute atomic E-state index is 0.0972. The number of benzene rings is 2. The maximum atomic E-state index is 14.9. The Morgan fingerprint density at radius 2 is 2.15 bits per heavy atom. The third kappa shape index (κ3) is 4.61. The van der Waals surface area contributed by atoms with Crippen molar-refractivity contribution in [2.45, 2.75) is 45.2 Å². The number of piperidine rings is 1. The lowest BCUT2D eigenvalue weighted by Gasteiger charge is -2.36. The lowest BCUT2D eigenvalue weighted by molar-refractivity contribution is 0.0527. The number of fused-ring (bicyclic) bond motifs is 1. The van der Waals surface area contributed by atoms with Crippen molar-refractivity contribution in [3.63, 3.8) is 0 Å². The van der Waals surface area contributed by atoms with Crippen molar-refractivity contribution < 1.29 is 23.8 Å². The van der Waals surface area contributed by atoms with E-state index in [9.17, 15) is 19.1 Å². The first kappa shape index (κ1) is 22.9. The smallest absolute Gasteiger partial charge is 0.338 e. The molecule has 2 aromatic rings. The number of likely N-dealkylation sites (tertiary alicyclic amines) is 1. The predicted octanol–water partition coefficient (Wildman–Crippen LogP) is 2.72. The summed E-state index contributed by atoms with van der Waals surface area (Å²) in [6, 6.07) is 9.62. The number of rotatable bonds is 5. The fourth-order valence-electron chi connectivity index (χ4n) is 4.55. The molecule has 3 atom stereocenters. The molecule has 2 aromatic carbocycles. The van der Waals surface area contributed by atoms with Gasteiger partial charge in [0.1, 0.15) is 12.8 Å². The van der Waals surface area contributed by atoms with Crippen molar-refractivity contribution in [3.8, 4) is 6.07 Å². The third-order valence-electron chi connectivity index (χ3n) is 6.55. The van der Waals surface area contributed by atoms with Crippen molar-refractivity contribution in [1.29, 1.82) is 5.26 Å². The molecule has 1 saturated heterocycles. The number of aliphatic hydroxyl groups excluding tert-OH is 1. The number of alkyl halides is 1. The highest BCUT2D eigenvalue weighted by Gasteiger charge is 2.32. The van der Waals surface area contributed by atoms with Crippen LogP contribution in [0.2, 0.25) is 0 Å². The second kappa shape index (κ2) is 9.30. The van der Waals surface area contributed by atoms with Gasteiger partial charge in [-0.05, 0) is 61.2 Å². The van der Waals surface area contributed by atoms with Crippen molar-refractivity contribution in [2.24, 2.45) is 0 Å². The molecule has 2 aliphatic heterocycles. The van der Waals surface area contributed by atoms with E-state index in [0.717, 1.165) is 11.1 Å². The molecule has 0 radical (unpaired) electrons. The van der Waals surface area contributed by atoms with Crippen LogP contribution in [0.1, 0.15) is 61.1 Å². The summed E-state index contributed by atoms with van der Waals surface area (Å²) in [6.07, 6.45) is -1.69. The lowest BCUT2D eigenvalue weighted by atomic mass is 9.94. The van der Waals surface area contributed by atoms with Crippen LogP contribution in [0.15, 0.2) is 30.3 Å². The number of amides is 1. The Morgan fingerprint density at radius 3 is 2.85 bits per heavy atom. The maximum Gasteiger partial charge on any atom is 0.338 e. The quantitative estimate of drug-likeness (QED) is 0.678. The number of hydrogen-bond acceptors (Lipinski definition) is 6. The average molecular weight is 451 g/mol. The molecule has 0 spiro atoms. The topological polar surface area (TPSA) is 103 Å². The monoisotopic (exact) mass is 451 g/mol. The fourth-order valence-corrected chi connectivity index (χ4v) is 4.55. The van der Waals surface area contributed by atoms with E-state index in [0.29, 0.717) is 40.8 Å². The summed E-state index contributed by atoms with van der Waals surface area (Å²) >= 11 is 0. The summed E-state index contributed by atoms with van der Waals surface area (Å²) < 4.78 is 20.0. The zero-order valence-electron chi connectivity index (χ0n) is 18.6. The highest BCUT2D eigenvalue weighted by atomic mass is 19.1. The van der Waals surface area contributed by atoms with Crippen molar-refractivity contribution >= 4 is 11.9 Å². The number of nitriles is 1. The van der Waals surface area contributed by atoms with E-state index in [1.807, 2.05) is 11.8 Å². The van der Waals surface area contributed by atoms with Gasteiger partial charge in [0.05, 0.1) is 29.3 Å². The van der Waals surface area contributed by atoms with Gasteiger partial charge in [-0.3, -0.25) is 9.69 Å². The first-order chi connectivity index (χ1) is 15.8.